The number of nitrogens with zero attached hydrogens (tertiary/aromatic N) is 10. The molecule has 14 N–H and O–H groups in total. The SMILES string of the molecule is O=S(=O)(O)c1cc(Nc2nc(Cl)nc(Nc3ccc(Nc4nc(Cl)nc(Nc5ccc(S(=O)(=O)O)c6cc(S(=O)(=O)O)c(N=Nc7ccc8c(S(=O)(=O)O)cccc8c7S(=O)(=O)O)c(O)c56)n4)cc3)n2)c2c(O)c(N=Nc3ccc4c(S(=O)(=O)O)cccc4c3S(=O)(=O)O)c(SOOO)cc2c1. The maximum Gasteiger partial charge on any atom is 0.297 e. The van der Waals surface area contributed by atoms with Crippen LogP contribution in [0.4, 0.5) is 69.3 Å². The van der Waals surface area contributed by atoms with Gasteiger partial charge in [0.2, 0.25) is 34.4 Å². The average Bonchev–Trinajstić information content (AvgIpc) is 0.763. The molecule has 0 aliphatic carbocycles. The number of halogens is 2. The van der Waals surface area contributed by atoms with Gasteiger partial charge in [-0.2, -0.15) is 88.8 Å². The molecule has 530 valence electrons. The van der Waals surface area contributed by atoms with E-state index in [1.807, 2.05) is 0 Å². The third-order valence-electron chi connectivity index (χ3n) is 13.9. The van der Waals surface area contributed by atoms with E-state index in [0.717, 1.165) is 91.0 Å². The Morgan fingerprint density at radius 3 is 1.26 bits per heavy atom. The number of aromatic nitrogens is 6. The summed E-state index contributed by atoms with van der Waals surface area (Å²) < 4.78 is 252. The predicted molar refractivity (Wildman–Crippen MR) is 356 cm³/mol. The Morgan fingerprint density at radius 2 is 0.824 bits per heavy atom. The molecule has 11 aromatic rings. The van der Waals surface area contributed by atoms with Gasteiger partial charge >= 0.3 is 0 Å². The third kappa shape index (κ3) is 15.5. The van der Waals surface area contributed by atoms with E-state index in [9.17, 15) is 101 Å². The number of fused-ring (bicyclic) bond motifs is 4. The van der Waals surface area contributed by atoms with E-state index in [1.165, 1.54) is 24.3 Å². The fourth-order valence-electron chi connectivity index (χ4n) is 9.97. The minimum atomic E-state index is -5.61. The molecule has 0 unspecified atom stereocenters. The van der Waals surface area contributed by atoms with Crippen molar-refractivity contribution in [3.05, 3.63) is 132 Å². The summed E-state index contributed by atoms with van der Waals surface area (Å²) in [6.45, 7) is 0. The Kier molecular flexibility index (Phi) is 19.6. The first-order chi connectivity index (χ1) is 47.6. The lowest BCUT2D eigenvalue weighted by molar-refractivity contribution is -0.432. The van der Waals surface area contributed by atoms with Crippen molar-refractivity contribution in [2.24, 2.45) is 20.5 Å². The number of aromatic hydroxyl groups is 2. The number of rotatable bonds is 22. The molecule has 0 aliphatic rings. The first kappa shape index (κ1) is 73.4. The zero-order chi connectivity index (χ0) is 74.1. The van der Waals surface area contributed by atoms with Gasteiger partial charge in [0.15, 0.2) is 11.5 Å². The minimum Gasteiger partial charge on any atom is -0.505 e. The van der Waals surface area contributed by atoms with Gasteiger partial charge in [-0.15, -0.1) is 24.8 Å². The number of phenolic OH excluding ortho intramolecular Hbond substituents is 2. The van der Waals surface area contributed by atoms with Crippen LogP contribution in [0.1, 0.15) is 0 Å². The molecule has 11 rings (SSSR count). The van der Waals surface area contributed by atoms with Gasteiger partial charge in [-0.05, 0) is 114 Å². The molecular weight excluding hydrogens is 1560 g/mol. The highest BCUT2D eigenvalue weighted by Crippen LogP contribution is 2.50. The van der Waals surface area contributed by atoms with Gasteiger partial charge in [0.25, 0.3) is 70.8 Å². The number of azo groups is 2. The van der Waals surface area contributed by atoms with Gasteiger partial charge in [-0.25, -0.2) is 5.26 Å². The van der Waals surface area contributed by atoms with E-state index in [0.29, 0.717) is 6.07 Å². The van der Waals surface area contributed by atoms with Crippen LogP contribution in [0, 0.1) is 0 Å². The molecule has 0 radical (unpaired) electrons. The van der Waals surface area contributed by atoms with Crippen LogP contribution in [-0.4, -0.2) is 136 Å². The second-order valence-corrected chi connectivity index (χ2v) is 31.4. The van der Waals surface area contributed by atoms with Crippen molar-refractivity contribution in [3.63, 3.8) is 0 Å². The van der Waals surface area contributed by atoms with Crippen LogP contribution in [0.25, 0.3) is 43.1 Å². The number of hydrogen-bond acceptors (Lipinski definition) is 34. The van der Waals surface area contributed by atoms with E-state index in [4.69, 9.17) is 28.5 Å². The van der Waals surface area contributed by atoms with Crippen LogP contribution in [0.3, 0.4) is 0 Å². The molecule has 9 aromatic carbocycles. The van der Waals surface area contributed by atoms with Gasteiger partial charge in [0.1, 0.15) is 52.1 Å². The second-order valence-electron chi connectivity index (χ2n) is 20.3. The summed E-state index contributed by atoms with van der Waals surface area (Å²) in [6.07, 6.45) is 0. The quantitative estimate of drug-likeness (QED) is 0.00985. The molecule has 0 saturated carbocycles. The monoisotopic (exact) mass is 1600 g/mol. The lowest BCUT2D eigenvalue weighted by Crippen LogP contribution is -2.07. The van der Waals surface area contributed by atoms with E-state index in [-0.39, 0.29) is 56.4 Å². The van der Waals surface area contributed by atoms with Crippen LogP contribution < -0.4 is 21.3 Å². The molecule has 0 spiro atoms. The van der Waals surface area contributed by atoms with Crippen molar-refractivity contribution in [2.45, 2.75) is 39.2 Å². The molecule has 40 nitrogen and oxygen atoms in total. The summed E-state index contributed by atoms with van der Waals surface area (Å²) in [5, 5.41) is 57.6. The van der Waals surface area contributed by atoms with Crippen molar-refractivity contribution in [2.75, 3.05) is 21.3 Å². The number of benzene rings is 9. The Bertz CT molecular complexity index is 6360. The number of hydrogen-bond donors (Lipinski definition) is 14. The largest absolute Gasteiger partial charge is 0.505 e. The first-order valence-corrected chi connectivity index (χ1v) is 38.2. The highest BCUT2D eigenvalue weighted by atomic mass is 35.5. The minimum absolute atomic E-state index is 0.124. The summed E-state index contributed by atoms with van der Waals surface area (Å²) in [6, 6.07) is 20.0. The Labute approximate surface area is 584 Å². The van der Waals surface area contributed by atoms with Gasteiger partial charge in [0.05, 0.1) is 38.6 Å². The summed E-state index contributed by atoms with van der Waals surface area (Å²) >= 11 is 12.7. The summed E-state index contributed by atoms with van der Waals surface area (Å²) in [7, 11) is -36.8. The van der Waals surface area contributed by atoms with Crippen molar-refractivity contribution >= 4 is 218 Å². The molecule has 102 heavy (non-hydrogen) atoms. The zero-order valence-corrected chi connectivity index (χ0v) is 57.1. The lowest BCUT2D eigenvalue weighted by atomic mass is 10.1. The normalized spacial score (nSPS) is 12.9. The summed E-state index contributed by atoms with van der Waals surface area (Å²) in [5.74, 6) is -3.92. The predicted octanol–water partition coefficient (Wildman–Crippen LogP) is 10.3. The number of anilines is 8. The fourth-order valence-corrected chi connectivity index (χ4v) is 15.7. The highest BCUT2D eigenvalue weighted by Gasteiger charge is 2.31. The Hall–Kier alpha value is -9.78. The number of phenols is 2. The summed E-state index contributed by atoms with van der Waals surface area (Å²) in [4.78, 5) is 17.1. The molecule has 2 aromatic heterocycles. The molecule has 0 fully saturated rings. The molecule has 0 atom stereocenters. The van der Waals surface area contributed by atoms with E-state index < -0.39 is 200 Å². The van der Waals surface area contributed by atoms with Crippen LogP contribution in [0.5, 0.6) is 11.5 Å². The first-order valence-electron chi connectivity index (χ1n) is 26.7. The lowest BCUT2D eigenvalue weighted by Gasteiger charge is -2.16. The van der Waals surface area contributed by atoms with Crippen molar-refractivity contribution in [1.82, 2.24) is 29.9 Å². The smallest absolute Gasteiger partial charge is 0.297 e. The van der Waals surface area contributed by atoms with E-state index >= 15 is 0 Å². The zero-order valence-electron chi connectivity index (χ0n) is 49.0. The van der Waals surface area contributed by atoms with E-state index in [1.54, 1.807) is 0 Å². The number of nitrogens with one attached hydrogen (secondary N) is 4. The maximum atomic E-state index is 12.9. The molecular formula is C52H34Cl2N14O26S8. The van der Waals surface area contributed by atoms with Crippen LogP contribution in [-0.2, 0) is 80.2 Å². The molecule has 0 amide bonds. The third-order valence-corrected chi connectivity index (χ3v) is 21.2. The molecule has 50 heteroatoms. The molecule has 0 bridgehead atoms. The van der Waals surface area contributed by atoms with Gasteiger partial charge in [-0.3, -0.25) is 31.9 Å². The fraction of sp³-hybridized carbons (Fsp3) is 0. The molecule has 0 saturated heterocycles. The average molecular weight is 1600 g/mol. The Morgan fingerprint density at radius 1 is 0.392 bits per heavy atom. The maximum absolute atomic E-state index is 12.9. The Balaban J connectivity index is 0.892. The van der Waals surface area contributed by atoms with E-state index in [2.05, 4.69) is 81.0 Å². The molecule has 0 aliphatic heterocycles. The van der Waals surface area contributed by atoms with Crippen LogP contribution in [0.2, 0.25) is 10.6 Å². The highest BCUT2D eigenvalue weighted by molar-refractivity contribution is 7.94. The van der Waals surface area contributed by atoms with Crippen LogP contribution >= 0.6 is 35.2 Å². The van der Waals surface area contributed by atoms with Gasteiger partial charge < -0.3 is 31.5 Å². The van der Waals surface area contributed by atoms with Crippen molar-refractivity contribution < 1.29 is 116 Å². The van der Waals surface area contributed by atoms with Crippen LogP contribution in [0.15, 0.2) is 181 Å². The molecule has 2 heterocycles. The summed E-state index contributed by atoms with van der Waals surface area (Å²) in [5.41, 5.74) is -3.87. The van der Waals surface area contributed by atoms with Crippen molar-refractivity contribution in [3.8, 4) is 11.5 Å². The van der Waals surface area contributed by atoms with Crippen molar-refractivity contribution in [1.29, 1.82) is 0 Å². The topological polar surface area (TPSA) is 635 Å². The van der Waals surface area contributed by atoms with Gasteiger partial charge in [0, 0.05) is 43.7 Å². The standard InChI is InChI=1S/C52H34Cl2N14O26S8/c53-47-59-49(63-51(61-47)57-30-15-16-37(99(81,82)83)29-20-38(100(84,85)86)42(44(70)40(29)30)68-66-32-14-12-26-28(46(32)102(90,91)92)4-2-6-36(26)98(78,79)80)55-22-7-9-23(10-8-22)56-50-60-48(54)62-52(64-50)58-33-19-24(96(72,73)74)17-21-18-34(95-94-93-71)41(43(69)39(21)33)67-65-31-13-11-25-27(45(31)101(87,88)89)3-1-5-35(25)97(75,76)77/h1-20,69-71H,(H,72,73,74)(H,75,76,77)(H,78,79,80)(H,81,82,83)(H,84,85,86)(H,87,88,89)(H,90,91,92)(H2,55,57,59,61,63)(H2,56,58,60,62,64). The van der Waals surface area contributed by atoms with Gasteiger partial charge in [-0.1, -0.05) is 41.4 Å². The second kappa shape index (κ2) is 27.2.